The van der Waals surface area contributed by atoms with Gasteiger partial charge in [0.1, 0.15) is 6.10 Å². The summed E-state index contributed by atoms with van der Waals surface area (Å²) in [6, 6.07) is 1.83. The third-order valence-corrected chi connectivity index (χ3v) is 4.42. The molecule has 1 amide bonds. The molecule has 0 aromatic carbocycles. The van der Waals surface area contributed by atoms with Crippen LogP contribution in [-0.4, -0.2) is 60.7 Å². The maximum Gasteiger partial charge on any atom is 0.251 e. The van der Waals surface area contributed by atoms with Crippen molar-refractivity contribution < 1.29 is 9.53 Å². The first kappa shape index (κ1) is 14.3. The van der Waals surface area contributed by atoms with Crippen molar-refractivity contribution in [3.8, 4) is 0 Å². The van der Waals surface area contributed by atoms with E-state index in [-0.39, 0.29) is 17.4 Å². The Hall–Kier alpha value is -1.69. The van der Waals surface area contributed by atoms with Gasteiger partial charge in [-0.1, -0.05) is 0 Å². The maximum atomic E-state index is 12.1. The van der Waals surface area contributed by atoms with Crippen molar-refractivity contribution in [1.82, 2.24) is 14.9 Å². The van der Waals surface area contributed by atoms with Gasteiger partial charge in [0.25, 0.3) is 5.91 Å². The standard InChI is InChI=1S/C15H22N4O2/c1-18(2)13(20)12-9-15(11-21-12)5-3-8-19(10-15)14-16-6-4-7-17-14/h4,6-7,12H,3,5,8-11H2,1-2H3/t12-,15+/m1/s1. The van der Waals surface area contributed by atoms with Gasteiger partial charge in [-0.25, -0.2) is 9.97 Å². The van der Waals surface area contributed by atoms with E-state index in [9.17, 15) is 4.79 Å². The highest BCUT2D eigenvalue weighted by Gasteiger charge is 2.46. The second-order valence-electron chi connectivity index (χ2n) is 6.31. The minimum absolute atomic E-state index is 0.0633. The van der Waals surface area contributed by atoms with Crippen LogP contribution in [0, 0.1) is 5.41 Å². The van der Waals surface area contributed by atoms with Crippen molar-refractivity contribution in [1.29, 1.82) is 0 Å². The average molecular weight is 290 g/mol. The molecule has 1 spiro atoms. The number of nitrogens with zero attached hydrogens (tertiary/aromatic N) is 4. The van der Waals surface area contributed by atoms with Gasteiger partial charge in [0.05, 0.1) is 6.61 Å². The van der Waals surface area contributed by atoms with Gasteiger partial charge in [0.15, 0.2) is 0 Å². The van der Waals surface area contributed by atoms with Crippen LogP contribution in [0.3, 0.4) is 0 Å². The molecule has 21 heavy (non-hydrogen) atoms. The topological polar surface area (TPSA) is 58.6 Å². The Labute approximate surface area is 125 Å². The minimum Gasteiger partial charge on any atom is -0.368 e. The summed E-state index contributed by atoms with van der Waals surface area (Å²) in [4.78, 5) is 24.6. The maximum absolute atomic E-state index is 12.1. The molecular formula is C15H22N4O2. The fourth-order valence-corrected chi connectivity index (χ4v) is 3.35. The Kier molecular flexibility index (Phi) is 3.80. The molecule has 114 valence electrons. The molecule has 6 heteroatoms. The van der Waals surface area contributed by atoms with Crippen molar-refractivity contribution >= 4 is 11.9 Å². The first-order chi connectivity index (χ1) is 10.1. The van der Waals surface area contributed by atoms with Gasteiger partial charge in [-0.05, 0) is 25.3 Å². The molecule has 0 bridgehead atoms. The first-order valence-corrected chi connectivity index (χ1v) is 7.44. The monoisotopic (exact) mass is 290 g/mol. The van der Waals surface area contributed by atoms with Crippen LogP contribution in [0.25, 0.3) is 0 Å². The molecule has 0 saturated carbocycles. The summed E-state index contributed by atoms with van der Waals surface area (Å²) in [6.45, 7) is 2.49. The summed E-state index contributed by atoms with van der Waals surface area (Å²) in [5, 5.41) is 0. The number of rotatable bonds is 2. The van der Waals surface area contributed by atoms with Crippen LogP contribution in [-0.2, 0) is 9.53 Å². The highest BCUT2D eigenvalue weighted by Crippen LogP contribution is 2.41. The van der Waals surface area contributed by atoms with Gasteiger partial charge in [-0.3, -0.25) is 4.79 Å². The van der Waals surface area contributed by atoms with E-state index in [2.05, 4.69) is 14.9 Å². The molecule has 2 fully saturated rings. The molecule has 0 N–H and O–H groups in total. The number of carbonyl (C=O) groups excluding carboxylic acids is 1. The summed E-state index contributed by atoms with van der Waals surface area (Å²) < 4.78 is 5.79. The molecule has 1 aromatic heterocycles. The number of likely N-dealkylation sites (N-methyl/N-ethyl adjacent to an activating group) is 1. The number of carbonyl (C=O) groups is 1. The summed E-state index contributed by atoms with van der Waals surface area (Å²) in [6.07, 6.45) is 6.24. The minimum atomic E-state index is -0.295. The van der Waals surface area contributed by atoms with E-state index >= 15 is 0 Å². The Bertz CT molecular complexity index is 508. The van der Waals surface area contributed by atoms with E-state index in [4.69, 9.17) is 4.74 Å². The molecule has 0 unspecified atom stereocenters. The molecule has 3 rings (SSSR count). The zero-order chi connectivity index (χ0) is 14.9. The van der Waals surface area contributed by atoms with E-state index in [1.54, 1.807) is 31.4 Å². The van der Waals surface area contributed by atoms with Gasteiger partial charge in [-0.15, -0.1) is 0 Å². The van der Waals surface area contributed by atoms with Crippen LogP contribution in [0.15, 0.2) is 18.5 Å². The Morgan fingerprint density at radius 3 is 2.90 bits per heavy atom. The van der Waals surface area contributed by atoms with E-state index < -0.39 is 0 Å². The summed E-state index contributed by atoms with van der Waals surface area (Å²) in [7, 11) is 3.56. The van der Waals surface area contributed by atoms with Crippen LogP contribution in [0.4, 0.5) is 5.95 Å². The SMILES string of the molecule is CN(C)C(=O)[C@H]1C[C@]2(CCCN(c3ncccn3)C2)CO1. The van der Waals surface area contributed by atoms with Gasteiger partial charge in [0.2, 0.25) is 5.95 Å². The van der Waals surface area contributed by atoms with Crippen molar-refractivity contribution in [2.24, 2.45) is 5.41 Å². The fourth-order valence-electron chi connectivity index (χ4n) is 3.35. The van der Waals surface area contributed by atoms with Crippen LogP contribution in [0.2, 0.25) is 0 Å². The molecule has 6 nitrogen and oxygen atoms in total. The van der Waals surface area contributed by atoms with Gasteiger partial charge < -0.3 is 14.5 Å². The summed E-state index contributed by atoms with van der Waals surface area (Å²) in [5.74, 6) is 0.846. The third kappa shape index (κ3) is 2.85. The second-order valence-corrected chi connectivity index (χ2v) is 6.31. The third-order valence-electron chi connectivity index (χ3n) is 4.42. The lowest BCUT2D eigenvalue weighted by Crippen LogP contribution is -2.45. The molecule has 2 aliphatic heterocycles. The molecule has 0 radical (unpaired) electrons. The van der Waals surface area contributed by atoms with E-state index in [0.29, 0.717) is 6.61 Å². The smallest absolute Gasteiger partial charge is 0.251 e. The fraction of sp³-hybridized carbons (Fsp3) is 0.667. The molecule has 2 saturated heterocycles. The lowest BCUT2D eigenvalue weighted by molar-refractivity contribution is -0.138. The normalized spacial score (nSPS) is 28.9. The lowest BCUT2D eigenvalue weighted by atomic mass is 9.78. The number of piperidine rings is 1. The number of hydrogen-bond donors (Lipinski definition) is 0. The Balaban J connectivity index is 1.70. The van der Waals surface area contributed by atoms with E-state index in [1.165, 1.54) is 0 Å². The number of anilines is 1. The number of hydrogen-bond acceptors (Lipinski definition) is 5. The van der Waals surface area contributed by atoms with E-state index in [1.807, 2.05) is 6.07 Å². The van der Waals surface area contributed by atoms with Gasteiger partial charge in [-0.2, -0.15) is 0 Å². The van der Waals surface area contributed by atoms with Crippen LogP contribution < -0.4 is 4.90 Å². The molecular weight excluding hydrogens is 268 g/mol. The zero-order valence-electron chi connectivity index (χ0n) is 12.7. The van der Waals surface area contributed by atoms with Crippen molar-refractivity contribution in [3.05, 3.63) is 18.5 Å². The highest BCUT2D eigenvalue weighted by atomic mass is 16.5. The Morgan fingerprint density at radius 1 is 1.43 bits per heavy atom. The largest absolute Gasteiger partial charge is 0.368 e. The van der Waals surface area contributed by atoms with Gasteiger partial charge >= 0.3 is 0 Å². The molecule has 2 atom stereocenters. The predicted molar refractivity (Wildman–Crippen MR) is 79.0 cm³/mol. The number of amides is 1. The van der Waals surface area contributed by atoms with Crippen molar-refractivity contribution in [2.75, 3.05) is 38.7 Å². The van der Waals surface area contributed by atoms with Gasteiger partial charge in [0, 0.05) is 45.0 Å². The van der Waals surface area contributed by atoms with Crippen LogP contribution in [0.1, 0.15) is 19.3 Å². The van der Waals surface area contributed by atoms with Crippen LogP contribution >= 0.6 is 0 Å². The second kappa shape index (κ2) is 5.60. The molecule has 3 heterocycles. The van der Waals surface area contributed by atoms with E-state index in [0.717, 1.165) is 38.3 Å². The van der Waals surface area contributed by atoms with Crippen LogP contribution in [0.5, 0.6) is 0 Å². The quantitative estimate of drug-likeness (QED) is 0.811. The lowest BCUT2D eigenvalue weighted by Gasteiger charge is -2.39. The molecule has 2 aliphatic rings. The van der Waals surface area contributed by atoms with Crippen molar-refractivity contribution in [3.63, 3.8) is 0 Å². The molecule has 1 aromatic rings. The first-order valence-electron chi connectivity index (χ1n) is 7.44. The average Bonchev–Trinajstić information content (AvgIpc) is 2.90. The zero-order valence-corrected chi connectivity index (χ0v) is 12.7. The Morgan fingerprint density at radius 2 is 2.19 bits per heavy atom. The van der Waals surface area contributed by atoms with Crippen molar-refractivity contribution in [2.45, 2.75) is 25.4 Å². The predicted octanol–water partition coefficient (Wildman–Crippen LogP) is 0.940. The highest BCUT2D eigenvalue weighted by molar-refractivity contribution is 5.80. The number of ether oxygens (including phenoxy) is 1. The molecule has 0 aliphatic carbocycles. The number of aromatic nitrogens is 2. The summed E-state index contributed by atoms with van der Waals surface area (Å²) >= 11 is 0. The summed E-state index contributed by atoms with van der Waals surface area (Å²) in [5.41, 5.74) is 0.0633.